The molecular weight excluding hydrogens is 413 g/mol. The van der Waals surface area contributed by atoms with Crippen molar-refractivity contribution in [1.29, 1.82) is 0 Å². The van der Waals surface area contributed by atoms with Crippen LogP contribution in [0, 0.1) is 22.7 Å². The number of carbonyl (C=O) groups excluding carboxylic acids is 2. The van der Waals surface area contributed by atoms with Crippen LogP contribution in [0.5, 0.6) is 0 Å². The number of aliphatic hydroxyl groups is 2. The standard InChI is InChI=1S/C22H29F3N2O4/c1-20(2)15-7-8-21(20,3)18(30)14(15)10-17(29)27-16(11-28)19(31)26-13-6-4-5-12(9-13)22(23,24)25/h4-6,9,14-16,18,28,30H,7-8,10-11H2,1-3H3,(H,26,31)(H,27,29)/t14?,15?,16-,18?,21?/m0/s1. The van der Waals surface area contributed by atoms with Gasteiger partial charge < -0.3 is 20.8 Å². The first-order valence-corrected chi connectivity index (χ1v) is 10.4. The van der Waals surface area contributed by atoms with E-state index in [4.69, 9.17) is 0 Å². The molecule has 0 aliphatic heterocycles. The third-order valence-corrected chi connectivity index (χ3v) is 7.66. The Balaban J connectivity index is 1.62. The zero-order chi connectivity index (χ0) is 23.2. The van der Waals surface area contributed by atoms with Crippen molar-refractivity contribution in [2.45, 2.75) is 58.4 Å². The van der Waals surface area contributed by atoms with Crippen LogP contribution in [-0.4, -0.2) is 40.8 Å². The Hall–Kier alpha value is -2.13. The molecule has 4 N–H and O–H groups in total. The van der Waals surface area contributed by atoms with Gasteiger partial charge in [-0.05, 0) is 53.7 Å². The third-order valence-electron chi connectivity index (χ3n) is 7.66. The summed E-state index contributed by atoms with van der Waals surface area (Å²) in [6, 6.07) is 2.79. The molecule has 2 aliphatic rings. The first kappa shape index (κ1) is 23.5. The van der Waals surface area contributed by atoms with Gasteiger partial charge in [0.25, 0.3) is 0 Å². The molecule has 0 heterocycles. The van der Waals surface area contributed by atoms with E-state index in [0.29, 0.717) is 0 Å². The van der Waals surface area contributed by atoms with Gasteiger partial charge in [0.15, 0.2) is 0 Å². The summed E-state index contributed by atoms with van der Waals surface area (Å²) in [4.78, 5) is 25.0. The number of rotatable bonds is 6. The Kier molecular flexibility index (Phi) is 6.14. The highest BCUT2D eigenvalue weighted by Gasteiger charge is 2.65. The molecule has 0 aromatic heterocycles. The monoisotopic (exact) mass is 442 g/mol. The van der Waals surface area contributed by atoms with Gasteiger partial charge >= 0.3 is 6.18 Å². The maximum Gasteiger partial charge on any atom is 0.416 e. The van der Waals surface area contributed by atoms with Gasteiger partial charge in [0.1, 0.15) is 6.04 Å². The highest BCUT2D eigenvalue weighted by Crippen LogP contribution is 2.68. The minimum atomic E-state index is -4.56. The molecule has 0 saturated heterocycles. The molecule has 6 nitrogen and oxygen atoms in total. The fourth-order valence-corrected chi connectivity index (χ4v) is 5.45. The minimum Gasteiger partial charge on any atom is -0.394 e. The van der Waals surface area contributed by atoms with Gasteiger partial charge in [0.2, 0.25) is 11.8 Å². The second-order valence-electron chi connectivity index (χ2n) is 9.47. The molecule has 2 saturated carbocycles. The molecule has 5 atom stereocenters. The van der Waals surface area contributed by atoms with Crippen molar-refractivity contribution in [3.63, 3.8) is 0 Å². The number of alkyl halides is 3. The summed E-state index contributed by atoms with van der Waals surface area (Å²) in [7, 11) is 0. The number of amides is 2. The van der Waals surface area contributed by atoms with Crippen LogP contribution in [0.3, 0.4) is 0 Å². The summed E-state index contributed by atoms with van der Waals surface area (Å²) >= 11 is 0. The molecule has 1 aromatic carbocycles. The van der Waals surface area contributed by atoms with E-state index in [1.807, 2.05) is 6.92 Å². The van der Waals surface area contributed by atoms with Gasteiger partial charge in [-0.1, -0.05) is 26.8 Å². The van der Waals surface area contributed by atoms with E-state index < -0.39 is 42.3 Å². The lowest BCUT2D eigenvalue weighted by molar-refractivity contribution is -0.137. The number of hydrogen-bond donors (Lipinski definition) is 4. The van der Waals surface area contributed by atoms with Crippen molar-refractivity contribution >= 4 is 17.5 Å². The highest BCUT2D eigenvalue weighted by molar-refractivity contribution is 5.97. The average Bonchev–Trinajstić information content (AvgIpc) is 2.99. The zero-order valence-electron chi connectivity index (χ0n) is 17.8. The largest absolute Gasteiger partial charge is 0.416 e. The summed E-state index contributed by atoms with van der Waals surface area (Å²) in [6.45, 7) is 5.53. The quantitative estimate of drug-likeness (QED) is 0.545. The minimum absolute atomic E-state index is 0.0121. The van der Waals surface area contributed by atoms with Crippen LogP contribution in [0.4, 0.5) is 18.9 Å². The average molecular weight is 442 g/mol. The van der Waals surface area contributed by atoms with Gasteiger partial charge in [-0.25, -0.2) is 0 Å². The molecule has 172 valence electrons. The fourth-order valence-electron chi connectivity index (χ4n) is 5.45. The van der Waals surface area contributed by atoms with Crippen molar-refractivity contribution in [3.8, 4) is 0 Å². The van der Waals surface area contributed by atoms with E-state index in [1.54, 1.807) is 0 Å². The van der Waals surface area contributed by atoms with Crippen LogP contribution in [0.1, 0.15) is 45.6 Å². The SMILES string of the molecule is CC1(C)C2CCC1(C)C(O)C2CC(=O)N[C@@H](CO)C(=O)Nc1cccc(C(F)(F)F)c1. The zero-order valence-corrected chi connectivity index (χ0v) is 17.8. The summed E-state index contributed by atoms with van der Waals surface area (Å²) < 4.78 is 38.5. The van der Waals surface area contributed by atoms with E-state index in [2.05, 4.69) is 24.5 Å². The molecule has 0 spiro atoms. The summed E-state index contributed by atoms with van der Waals surface area (Å²) in [6.07, 6.45) is -3.38. The number of halogens is 3. The predicted molar refractivity (Wildman–Crippen MR) is 108 cm³/mol. The molecule has 9 heteroatoms. The van der Waals surface area contributed by atoms with Crippen molar-refractivity contribution in [1.82, 2.24) is 5.32 Å². The first-order chi connectivity index (χ1) is 14.3. The molecule has 2 aliphatic carbocycles. The van der Waals surface area contributed by atoms with Crippen LogP contribution in [0.2, 0.25) is 0 Å². The number of fused-ring (bicyclic) bond motifs is 2. The van der Waals surface area contributed by atoms with Crippen molar-refractivity contribution in [3.05, 3.63) is 29.8 Å². The van der Waals surface area contributed by atoms with E-state index >= 15 is 0 Å². The number of aliphatic hydroxyl groups excluding tert-OH is 2. The number of anilines is 1. The van der Waals surface area contributed by atoms with Gasteiger partial charge in [0.05, 0.1) is 18.3 Å². The predicted octanol–water partition coefficient (Wildman–Crippen LogP) is 2.94. The molecule has 4 unspecified atom stereocenters. The number of nitrogens with one attached hydrogen (secondary N) is 2. The van der Waals surface area contributed by atoms with E-state index in [-0.39, 0.29) is 34.8 Å². The molecule has 31 heavy (non-hydrogen) atoms. The van der Waals surface area contributed by atoms with Gasteiger partial charge in [-0.3, -0.25) is 9.59 Å². The topological polar surface area (TPSA) is 98.7 Å². The molecular formula is C22H29F3N2O4. The summed E-state index contributed by atoms with van der Waals surface area (Å²) in [5.74, 6) is -1.39. The first-order valence-electron chi connectivity index (χ1n) is 10.4. The van der Waals surface area contributed by atoms with Crippen LogP contribution in [0.25, 0.3) is 0 Å². The lowest BCUT2D eigenvalue weighted by Gasteiger charge is -2.37. The second-order valence-corrected chi connectivity index (χ2v) is 9.47. The fraction of sp³-hybridized carbons (Fsp3) is 0.636. The Bertz CT molecular complexity index is 857. The van der Waals surface area contributed by atoms with Crippen LogP contribution >= 0.6 is 0 Å². The third kappa shape index (κ3) is 4.17. The van der Waals surface area contributed by atoms with Crippen LogP contribution < -0.4 is 10.6 Å². The molecule has 3 rings (SSSR count). The Morgan fingerprint density at radius 1 is 1.26 bits per heavy atom. The number of benzene rings is 1. The second kappa shape index (κ2) is 8.09. The smallest absolute Gasteiger partial charge is 0.394 e. The Morgan fingerprint density at radius 2 is 1.94 bits per heavy atom. The van der Waals surface area contributed by atoms with E-state index in [9.17, 15) is 33.0 Å². The summed E-state index contributed by atoms with van der Waals surface area (Å²) in [5.41, 5.74) is -1.41. The van der Waals surface area contributed by atoms with Crippen molar-refractivity contribution in [2.24, 2.45) is 22.7 Å². The van der Waals surface area contributed by atoms with Gasteiger partial charge in [-0.2, -0.15) is 13.2 Å². The van der Waals surface area contributed by atoms with Crippen LogP contribution in [-0.2, 0) is 15.8 Å². The maximum absolute atomic E-state index is 12.8. The number of carbonyl (C=O) groups is 2. The number of hydrogen-bond acceptors (Lipinski definition) is 4. The molecule has 0 radical (unpaired) electrons. The summed E-state index contributed by atoms with van der Waals surface area (Å²) in [5, 5.41) is 25.1. The Labute approximate surface area is 179 Å². The van der Waals surface area contributed by atoms with Gasteiger partial charge in [0, 0.05) is 12.1 Å². The maximum atomic E-state index is 12.8. The molecule has 2 bridgehead atoms. The van der Waals surface area contributed by atoms with Crippen LogP contribution in [0.15, 0.2) is 24.3 Å². The highest BCUT2D eigenvalue weighted by atomic mass is 19.4. The Morgan fingerprint density at radius 3 is 2.48 bits per heavy atom. The van der Waals surface area contributed by atoms with Crippen molar-refractivity contribution < 1.29 is 33.0 Å². The van der Waals surface area contributed by atoms with E-state index in [0.717, 1.165) is 31.0 Å². The van der Waals surface area contributed by atoms with Gasteiger partial charge in [-0.15, -0.1) is 0 Å². The van der Waals surface area contributed by atoms with E-state index in [1.165, 1.54) is 6.07 Å². The molecule has 1 aromatic rings. The molecule has 2 amide bonds. The lowest BCUT2D eigenvalue weighted by Crippen LogP contribution is -2.47. The van der Waals surface area contributed by atoms with Crippen molar-refractivity contribution in [2.75, 3.05) is 11.9 Å². The lowest BCUT2D eigenvalue weighted by atomic mass is 9.70. The normalized spacial score (nSPS) is 30.1. The molecule has 2 fully saturated rings.